The van der Waals surface area contributed by atoms with Crippen molar-refractivity contribution in [3.8, 4) is 0 Å². The van der Waals surface area contributed by atoms with E-state index in [-0.39, 0.29) is 5.91 Å². The first-order chi connectivity index (χ1) is 10.7. The van der Waals surface area contributed by atoms with Gasteiger partial charge in [-0.2, -0.15) is 0 Å². The number of carbonyl (C=O) groups is 1. The van der Waals surface area contributed by atoms with Crippen molar-refractivity contribution in [2.45, 2.75) is 6.92 Å². The molecule has 1 amide bonds. The molecule has 0 saturated carbocycles. The Morgan fingerprint density at radius 1 is 1.09 bits per heavy atom. The van der Waals surface area contributed by atoms with Gasteiger partial charge in [-0.1, -0.05) is 24.3 Å². The van der Waals surface area contributed by atoms with Crippen molar-refractivity contribution in [3.63, 3.8) is 0 Å². The number of hydrogen-bond donors (Lipinski definition) is 0. The van der Waals surface area contributed by atoms with Gasteiger partial charge in [-0.3, -0.25) is 4.79 Å². The summed E-state index contributed by atoms with van der Waals surface area (Å²) in [5.41, 5.74) is 4.43. The summed E-state index contributed by atoms with van der Waals surface area (Å²) >= 11 is 0. The molecule has 4 rings (SSSR count). The van der Waals surface area contributed by atoms with Gasteiger partial charge in [0.1, 0.15) is 5.82 Å². The van der Waals surface area contributed by atoms with E-state index < -0.39 is 0 Å². The van der Waals surface area contributed by atoms with Crippen LogP contribution in [0.25, 0.3) is 17.2 Å². The molecule has 0 atom stereocenters. The molecule has 1 aliphatic heterocycles. The molecular formula is C18H15N3O. The molecule has 0 fully saturated rings. The van der Waals surface area contributed by atoms with Crippen LogP contribution in [-0.2, 0) is 4.79 Å². The van der Waals surface area contributed by atoms with Crippen molar-refractivity contribution in [3.05, 3.63) is 65.7 Å². The molecule has 0 aliphatic carbocycles. The summed E-state index contributed by atoms with van der Waals surface area (Å²) in [4.78, 5) is 18.8. The van der Waals surface area contributed by atoms with Crippen LogP contribution in [0.15, 0.2) is 48.7 Å². The second kappa shape index (κ2) is 4.56. The fraction of sp³-hybridized carbons (Fsp3) is 0.111. The number of anilines is 1. The van der Waals surface area contributed by atoms with Crippen molar-refractivity contribution in [2.75, 3.05) is 11.9 Å². The molecule has 4 heteroatoms. The minimum atomic E-state index is 0.0101. The van der Waals surface area contributed by atoms with Crippen LogP contribution in [0, 0.1) is 6.92 Å². The van der Waals surface area contributed by atoms with E-state index >= 15 is 0 Å². The number of para-hydroxylation sites is 1. The summed E-state index contributed by atoms with van der Waals surface area (Å²) in [6.07, 6.45) is 3.88. The molecule has 1 aliphatic rings. The van der Waals surface area contributed by atoms with Crippen LogP contribution < -0.4 is 4.90 Å². The van der Waals surface area contributed by atoms with E-state index in [1.165, 1.54) is 0 Å². The number of hydrogen-bond acceptors (Lipinski definition) is 2. The van der Waals surface area contributed by atoms with E-state index in [2.05, 4.69) is 4.98 Å². The van der Waals surface area contributed by atoms with Crippen molar-refractivity contribution >= 4 is 28.8 Å². The number of amides is 1. The molecular weight excluding hydrogens is 274 g/mol. The summed E-state index contributed by atoms with van der Waals surface area (Å²) < 4.78 is 2.03. The number of pyridine rings is 1. The highest BCUT2D eigenvalue weighted by Gasteiger charge is 2.29. The lowest BCUT2D eigenvalue weighted by Gasteiger charge is -2.07. The number of imidazole rings is 1. The van der Waals surface area contributed by atoms with Gasteiger partial charge < -0.3 is 9.30 Å². The second-order valence-corrected chi connectivity index (χ2v) is 5.44. The molecule has 4 nitrogen and oxygen atoms in total. The Kier molecular flexibility index (Phi) is 2.66. The van der Waals surface area contributed by atoms with E-state index in [0.29, 0.717) is 5.57 Å². The lowest BCUT2D eigenvalue weighted by molar-refractivity contribution is -0.112. The summed E-state index contributed by atoms with van der Waals surface area (Å²) in [6.45, 7) is 1.96. The zero-order valence-corrected chi connectivity index (χ0v) is 12.4. The van der Waals surface area contributed by atoms with Gasteiger partial charge in [0.2, 0.25) is 0 Å². The van der Waals surface area contributed by atoms with Gasteiger partial charge in [-0.05, 0) is 31.2 Å². The summed E-state index contributed by atoms with van der Waals surface area (Å²) in [5.74, 6) is 0.922. The maximum absolute atomic E-state index is 12.5. The van der Waals surface area contributed by atoms with Gasteiger partial charge in [0.25, 0.3) is 5.91 Å². The minimum absolute atomic E-state index is 0.0101. The number of aryl methyl sites for hydroxylation is 1. The van der Waals surface area contributed by atoms with Crippen LogP contribution in [0.5, 0.6) is 0 Å². The summed E-state index contributed by atoms with van der Waals surface area (Å²) in [5, 5.41) is 0. The molecule has 0 saturated heterocycles. The fourth-order valence-corrected chi connectivity index (χ4v) is 3.00. The monoisotopic (exact) mass is 289 g/mol. The van der Waals surface area contributed by atoms with Crippen LogP contribution in [0.4, 0.5) is 5.69 Å². The number of rotatable bonds is 1. The van der Waals surface area contributed by atoms with Crippen molar-refractivity contribution in [1.82, 2.24) is 9.38 Å². The molecule has 0 radical (unpaired) electrons. The molecule has 1 aromatic carbocycles. The molecule has 0 bridgehead atoms. The van der Waals surface area contributed by atoms with Crippen LogP contribution in [0.3, 0.4) is 0 Å². The third-order valence-electron chi connectivity index (χ3n) is 4.12. The zero-order chi connectivity index (χ0) is 15.3. The van der Waals surface area contributed by atoms with E-state index in [1.54, 1.807) is 11.9 Å². The van der Waals surface area contributed by atoms with Crippen molar-refractivity contribution in [2.24, 2.45) is 0 Å². The molecule has 108 valence electrons. The maximum atomic E-state index is 12.5. The SMILES string of the molecule is Cc1nc(C=C2C(=O)N(C)c3ccccc32)c2ccccn12. The summed E-state index contributed by atoms with van der Waals surface area (Å²) in [6, 6.07) is 13.8. The first-order valence-corrected chi connectivity index (χ1v) is 7.19. The minimum Gasteiger partial charge on any atom is -0.311 e. The maximum Gasteiger partial charge on any atom is 0.258 e. The number of aromatic nitrogens is 2. The predicted octanol–water partition coefficient (Wildman–Crippen LogP) is 3.16. The van der Waals surface area contributed by atoms with Crippen LogP contribution in [-0.4, -0.2) is 22.3 Å². The zero-order valence-electron chi connectivity index (χ0n) is 12.4. The summed E-state index contributed by atoms with van der Waals surface area (Å²) in [7, 11) is 1.80. The van der Waals surface area contributed by atoms with Crippen LogP contribution >= 0.6 is 0 Å². The first kappa shape index (κ1) is 12.8. The van der Waals surface area contributed by atoms with Crippen LogP contribution in [0.2, 0.25) is 0 Å². The van der Waals surface area contributed by atoms with Crippen LogP contribution in [0.1, 0.15) is 17.1 Å². The fourth-order valence-electron chi connectivity index (χ4n) is 3.00. The molecule has 2 aromatic heterocycles. The number of nitrogens with zero attached hydrogens (tertiary/aromatic N) is 3. The van der Waals surface area contributed by atoms with Gasteiger partial charge in [-0.25, -0.2) is 4.98 Å². The topological polar surface area (TPSA) is 37.6 Å². The Labute approximate surface area is 128 Å². The Morgan fingerprint density at radius 3 is 2.73 bits per heavy atom. The average Bonchev–Trinajstić information content (AvgIpc) is 2.99. The lowest BCUT2D eigenvalue weighted by atomic mass is 10.1. The van der Waals surface area contributed by atoms with E-state index in [9.17, 15) is 4.79 Å². The standard InChI is InChI=1S/C18H15N3O/c1-12-19-15(17-9-5-6-10-21(12)17)11-14-13-7-3-4-8-16(13)20(2)18(14)22/h3-11H,1-2H3. The van der Waals surface area contributed by atoms with Gasteiger partial charge in [0.15, 0.2) is 0 Å². The van der Waals surface area contributed by atoms with Crippen molar-refractivity contribution < 1.29 is 4.79 Å². The van der Waals surface area contributed by atoms with Gasteiger partial charge in [0, 0.05) is 18.8 Å². The Bertz CT molecular complexity index is 936. The van der Waals surface area contributed by atoms with Gasteiger partial charge in [-0.15, -0.1) is 0 Å². The van der Waals surface area contributed by atoms with Crippen molar-refractivity contribution in [1.29, 1.82) is 0 Å². The number of likely N-dealkylation sites (N-methyl/N-ethyl adjacent to an activating group) is 1. The van der Waals surface area contributed by atoms with E-state index in [4.69, 9.17) is 0 Å². The van der Waals surface area contributed by atoms with E-state index in [0.717, 1.165) is 28.3 Å². The highest BCUT2D eigenvalue weighted by molar-refractivity contribution is 6.35. The Hall–Kier alpha value is -2.88. The number of fused-ring (bicyclic) bond motifs is 2. The third kappa shape index (κ3) is 1.70. The number of carbonyl (C=O) groups excluding carboxylic acids is 1. The highest BCUT2D eigenvalue weighted by Crippen LogP contribution is 2.36. The molecule has 22 heavy (non-hydrogen) atoms. The predicted molar refractivity (Wildman–Crippen MR) is 87.7 cm³/mol. The first-order valence-electron chi connectivity index (χ1n) is 7.19. The molecule has 0 unspecified atom stereocenters. The smallest absolute Gasteiger partial charge is 0.258 e. The second-order valence-electron chi connectivity index (χ2n) is 5.44. The van der Waals surface area contributed by atoms with Gasteiger partial charge >= 0.3 is 0 Å². The largest absolute Gasteiger partial charge is 0.311 e. The molecule has 3 aromatic rings. The normalized spacial score (nSPS) is 15.8. The highest BCUT2D eigenvalue weighted by atomic mass is 16.2. The Morgan fingerprint density at radius 2 is 1.86 bits per heavy atom. The molecule has 3 heterocycles. The van der Waals surface area contributed by atoms with Gasteiger partial charge in [0.05, 0.1) is 22.5 Å². The third-order valence-corrected chi connectivity index (χ3v) is 4.12. The lowest BCUT2D eigenvalue weighted by Crippen LogP contribution is -2.20. The quantitative estimate of drug-likeness (QED) is 0.645. The average molecular weight is 289 g/mol. The van der Waals surface area contributed by atoms with E-state index in [1.807, 2.05) is 66.1 Å². The number of benzene rings is 1. The molecule has 0 N–H and O–H groups in total. The Balaban J connectivity index is 1.94. The molecule has 0 spiro atoms.